The van der Waals surface area contributed by atoms with Gasteiger partial charge in [0.25, 0.3) is 5.89 Å². The Hall–Kier alpha value is -0.990. The molecule has 3 aromatic rings. The molecule has 0 aliphatic heterocycles. The molecule has 0 bridgehead atoms. The molecular weight excluding hydrogens is 387 g/mol. The molecule has 0 saturated heterocycles. The number of rotatable bonds is 3. The maximum absolute atomic E-state index is 6.40. The molecule has 3 heterocycles. The Balaban J connectivity index is 0.00000169. The first-order valence-electron chi connectivity index (χ1n) is 7.42. The van der Waals surface area contributed by atoms with Crippen molar-refractivity contribution in [1.29, 1.82) is 0 Å². The molecule has 4 rings (SSSR count). The fourth-order valence-corrected chi connectivity index (χ4v) is 4.96. The van der Waals surface area contributed by atoms with E-state index in [2.05, 4.69) is 15.1 Å². The van der Waals surface area contributed by atoms with Gasteiger partial charge in [-0.2, -0.15) is 4.98 Å². The zero-order chi connectivity index (χ0) is 16.0. The predicted molar refractivity (Wildman–Crippen MR) is 100 cm³/mol. The molecule has 0 radical (unpaired) electrons. The van der Waals surface area contributed by atoms with Crippen LogP contribution >= 0.6 is 46.7 Å². The van der Waals surface area contributed by atoms with Gasteiger partial charge in [-0.05, 0) is 31.9 Å². The summed E-state index contributed by atoms with van der Waals surface area (Å²) in [5, 5.41) is 5.04. The van der Waals surface area contributed by atoms with Crippen molar-refractivity contribution in [3.8, 4) is 20.7 Å². The Morgan fingerprint density at radius 1 is 1.21 bits per heavy atom. The Morgan fingerprint density at radius 3 is 2.62 bits per heavy atom. The summed E-state index contributed by atoms with van der Waals surface area (Å²) in [6, 6.07) is 3.85. The third-order valence-corrected chi connectivity index (χ3v) is 6.69. The molecule has 1 aliphatic rings. The average Bonchev–Trinajstić information content (AvgIpc) is 3.25. The van der Waals surface area contributed by atoms with Crippen LogP contribution < -0.4 is 5.73 Å². The number of halogens is 2. The number of nitrogens with two attached hydrogens (primary N) is 1. The molecule has 0 amide bonds. The van der Waals surface area contributed by atoms with E-state index >= 15 is 0 Å². The van der Waals surface area contributed by atoms with Crippen LogP contribution in [0, 0.1) is 6.92 Å². The van der Waals surface area contributed by atoms with Gasteiger partial charge in [0.05, 0.1) is 20.4 Å². The highest BCUT2D eigenvalue weighted by Gasteiger charge is 2.36. The molecule has 0 spiro atoms. The highest BCUT2D eigenvalue weighted by atomic mass is 35.5. The molecule has 24 heavy (non-hydrogen) atoms. The molecule has 1 aliphatic carbocycles. The Labute approximate surface area is 158 Å². The highest BCUT2D eigenvalue weighted by molar-refractivity contribution is 7.25. The van der Waals surface area contributed by atoms with Crippen molar-refractivity contribution in [3.63, 3.8) is 0 Å². The van der Waals surface area contributed by atoms with E-state index in [1.54, 1.807) is 0 Å². The highest BCUT2D eigenvalue weighted by Crippen LogP contribution is 2.40. The van der Waals surface area contributed by atoms with Gasteiger partial charge >= 0.3 is 0 Å². The molecule has 0 aromatic carbocycles. The number of aromatic nitrogens is 3. The molecule has 0 atom stereocenters. The molecule has 2 N–H and O–H groups in total. The summed E-state index contributed by atoms with van der Waals surface area (Å²) in [7, 11) is 0. The molecule has 5 nitrogen and oxygen atoms in total. The lowest BCUT2D eigenvalue weighted by atomic mass is 9.99. The van der Waals surface area contributed by atoms with E-state index in [4.69, 9.17) is 21.9 Å². The number of thiophene rings is 1. The van der Waals surface area contributed by atoms with Crippen LogP contribution in [0.15, 0.2) is 16.7 Å². The smallest absolute Gasteiger partial charge is 0.270 e. The number of aryl methyl sites for hydroxylation is 1. The summed E-state index contributed by atoms with van der Waals surface area (Å²) in [4.78, 5) is 11.1. The monoisotopic (exact) mass is 402 g/mol. The van der Waals surface area contributed by atoms with Crippen LogP contribution in [0.3, 0.4) is 0 Å². The van der Waals surface area contributed by atoms with Gasteiger partial charge < -0.3 is 10.3 Å². The van der Waals surface area contributed by atoms with Crippen molar-refractivity contribution < 1.29 is 4.52 Å². The van der Waals surface area contributed by atoms with Crippen molar-refractivity contribution in [2.24, 2.45) is 5.73 Å². The predicted octanol–water partition coefficient (Wildman–Crippen LogP) is 5.03. The fourth-order valence-electron chi connectivity index (χ4n) is 2.88. The van der Waals surface area contributed by atoms with Gasteiger partial charge in [-0.3, -0.25) is 0 Å². The van der Waals surface area contributed by atoms with Crippen LogP contribution in [-0.2, 0) is 5.54 Å². The van der Waals surface area contributed by atoms with Crippen LogP contribution in [0.1, 0.15) is 37.2 Å². The largest absolute Gasteiger partial charge is 0.333 e. The summed E-state index contributed by atoms with van der Waals surface area (Å²) < 4.78 is 6.22. The van der Waals surface area contributed by atoms with E-state index in [-0.39, 0.29) is 12.4 Å². The zero-order valence-electron chi connectivity index (χ0n) is 12.9. The van der Waals surface area contributed by atoms with Crippen molar-refractivity contribution >= 4 is 46.7 Å². The summed E-state index contributed by atoms with van der Waals surface area (Å²) in [5.41, 5.74) is 6.84. The summed E-state index contributed by atoms with van der Waals surface area (Å²) in [6.07, 6.45) is 4.05. The minimum atomic E-state index is -0.440. The first-order valence-corrected chi connectivity index (χ1v) is 9.43. The van der Waals surface area contributed by atoms with Gasteiger partial charge in [0, 0.05) is 0 Å². The first kappa shape index (κ1) is 17.8. The standard InChI is InChI=1S/C15H15ClN4OS2.ClH/c1-8-11(23-13(18-8)9-4-5-10(16)22-9)12-19-14(20-21-12)15(17)6-2-3-7-15;/h4-5H,2-3,6-7,17H2,1H3;1H. The minimum Gasteiger partial charge on any atom is -0.333 e. The van der Waals surface area contributed by atoms with Crippen molar-refractivity contribution in [1.82, 2.24) is 15.1 Å². The number of hydrogen-bond acceptors (Lipinski definition) is 7. The lowest BCUT2D eigenvalue weighted by Crippen LogP contribution is -2.34. The molecule has 128 valence electrons. The maximum Gasteiger partial charge on any atom is 0.270 e. The van der Waals surface area contributed by atoms with Crippen molar-refractivity contribution in [2.45, 2.75) is 38.1 Å². The van der Waals surface area contributed by atoms with Gasteiger partial charge in [0.1, 0.15) is 9.88 Å². The minimum absolute atomic E-state index is 0. The second kappa shape index (κ2) is 6.72. The fraction of sp³-hybridized carbons (Fsp3) is 0.400. The number of nitrogens with zero attached hydrogens (tertiary/aromatic N) is 3. The maximum atomic E-state index is 6.40. The van der Waals surface area contributed by atoms with Gasteiger partial charge in [0.15, 0.2) is 5.82 Å². The van der Waals surface area contributed by atoms with Crippen LogP contribution in [0.5, 0.6) is 0 Å². The molecule has 3 aromatic heterocycles. The van der Waals surface area contributed by atoms with Crippen molar-refractivity contribution in [2.75, 3.05) is 0 Å². The summed E-state index contributed by atoms with van der Waals surface area (Å²) in [6.45, 7) is 1.95. The molecule has 9 heteroatoms. The van der Waals surface area contributed by atoms with E-state index in [9.17, 15) is 0 Å². The van der Waals surface area contributed by atoms with Gasteiger partial charge in [-0.1, -0.05) is 29.6 Å². The topological polar surface area (TPSA) is 77.8 Å². The molecular formula is C15H16Cl2N4OS2. The molecule has 1 saturated carbocycles. The summed E-state index contributed by atoms with van der Waals surface area (Å²) >= 11 is 9.05. The van der Waals surface area contributed by atoms with Crippen molar-refractivity contribution in [3.05, 3.63) is 28.0 Å². The zero-order valence-corrected chi connectivity index (χ0v) is 16.1. The van der Waals surface area contributed by atoms with Gasteiger partial charge in [-0.25, -0.2) is 4.98 Å². The lowest BCUT2D eigenvalue weighted by Gasteiger charge is -2.17. The SMILES string of the molecule is Cc1nc(-c2ccc(Cl)s2)sc1-c1nc(C2(N)CCCC2)no1.Cl. The van der Waals surface area contributed by atoms with E-state index in [1.807, 2.05) is 19.1 Å². The molecule has 0 unspecified atom stereocenters. The third kappa shape index (κ3) is 3.11. The second-order valence-electron chi connectivity index (χ2n) is 5.82. The Bertz CT molecular complexity index is 851. The van der Waals surface area contributed by atoms with Gasteiger partial charge in [0.2, 0.25) is 0 Å². The van der Waals surface area contributed by atoms with E-state index in [1.165, 1.54) is 22.7 Å². The number of hydrogen-bond donors (Lipinski definition) is 1. The quantitative estimate of drug-likeness (QED) is 0.663. The Kier molecular flexibility index (Phi) is 4.99. The normalized spacial score (nSPS) is 16.3. The molecule has 1 fully saturated rings. The van der Waals surface area contributed by atoms with Gasteiger partial charge in [-0.15, -0.1) is 35.1 Å². The van der Waals surface area contributed by atoms with E-state index in [0.717, 1.165) is 50.5 Å². The number of thiazole rings is 1. The summed E-state index contributed by atoms with van der Waals surface area (Å²) in [5.74, 6) is 1.11. The Morgan fingerprint density at radius 2 is 1.96 bits per heavy atom. The average molecular weight is 403 g/mol. The van der Waals surface area contributed by atoms with E-state index < -0.39 is 5.54 Å². The van der Waals surface area contributed by atoms with Crippen LogP contribution in [0.25, 0.3) is 20.7 Å². The third-order valence-electron chi connectivity index (χ3n) is 4.14. The first-order chi connectivity index (χ1) is 11.0. The van der Waals surface area contributed by atoms with Crippen LogP contribution in [0.2, 0.25) is 4.34 Å². The van der Waals surface area contributed by atoms with E-state index in [0.29, 0.717) is 11.7 Å². The lowest BCUT2D eigenvalue weighted by molar-refractivity contribution is 0.373. The van der Waals surface area contributed by atoms with Crippen LogP contribution in [-0.4, -0.2) is 15.1 Å². The second-order valence-corrected chi connectivity index (χ2v) is 8.54. The van der Waals surface area contributed by atoms with Crippen LogP contribution in [0.4, 0.5) is 0 Å².